The van der Waals surface area contributed by atoms with E-state index in [2.05, 4.69) is 6.58 Å². The van der Waals surface area contributed by atoms with Gasteiger partial charge in [0, 0.05) is 6.08 Å². The Balaban J connectivity index is 3.22. The molecule has 2 nitrogen and oxygen atoms in total. The van der Waals surface area contributed by atoms with Gasteiger partial charge in [0.25, 0.3) is 0 Å². The Kier molecular flexibility index (Phi) is 13.0. The number of hydrogen-bond donors (Lipinski definition) is 0. The van der Waals surface area contributed by atoms with Crippen molar-refractivity contribution < 1.29 is 9.53 Å². The van der Waals surface area contributed by atoms with E-state index in [1.165, 1.54) is 38.2 Å². The van der Waals surface area contributed by atoms with Gasteiger partial charge in [-0.25, -0.2) is 4.79 Å². The summed E-state index contributed by atoms with van der Waals surface area (Å²) in [6, 6.07) is 1.15. The molecule has 0 spiro atoms. The second kappa shape index (κ2) is 13.0. The third-order valence-corrected chi connectivity index (χ3v) is 4.70. The predicted molar refractivity (Wildman–Crippen MR) is 84.1 cm³/mol. The van der Waals surface area contributed by atoms with E-state index < -0.39 is 0 Å². The van der Waals surface area contributed by atoms with E-state index in [4.69, 9.17) is 27.9 Å². The molecule has 0 N–H and O–H groups in total. The van der Waals surface area contributed by atoms with Crippen molar-refractivity contribution in [1.82, 2.24) is 0 Å². The molecule has 0 bridgehead atoms. The van der Waals surface area contributed by atoms with Crippen molar-refractivity contribution >= 4 is 38.7 Å². The lowest BCUT2D eigenvalue weighted by molar-refractivity contribution is -0.142. The third kappa shape index (κ3) is 14.2. The van der Waals surface area contributed by atoms with Gasteiger partial charge in [-0.15, -0.1) is 23.2 Å². The lowest BCUT2D eigenvalue weighted by Gasteiger charge is -2.11. The predicted octanol–water partition coefficient (Wildman–Crippen LogP) is 4.72. The Labute approximate surface area is 129 Å². The topological polar surface area (TPSA) is 26.3 Å². The summed E-state index contributed by atoms with van der Waals surface area (Å²) in [6.07, 6.45) is 9.44. The summed E-state index contributed by atoms with van der Waals surface area (Å²) >= 11 is 11.3. The molecule has 0 aliphatic heterocycles. The van der Waals surface area contributed by atoms with Crippen LogP contribution in [0.5, 0.6) is 0 Å². The van der Waals surface area contributed by atoms with Crippen LogP contribution < -0.4 is 0 Å². The van der Waals surface area contributed by atoms with Crippen LogP contribution in [-0.4, -0.2) is 26.1 Å². The number of alkyl halides is 2. The number of halogens is 2. The molecule has 0 heterocycles. The van der Waals surface area contributed by atoms with Gasteiger partial charge in [0.15, 0.2) is 0 Å². The van der Waals surface area contributed by atoms with E-state index in [1.807, 2.05) is 6.92 Å². The average molecular weight is 323 g/mol. The van der Waals surface area contributed by atoms with Crippen molar-refractivity contribution in [3.8, 4) is 0 Å². The highest BCUT2D eigenvalue weighted by Crippen LogP contribution is 2.12. The maximum Gasteiger partial charge on any atom is 0.330 e. The lowest BCUT2D eigenvalue weighted by Crippen LogP contribution is -2.12. The van der Waals surface area contributed by atoms with Crippen LogP contribution in [-0.2, 0) is 9.53 Å². The van der Waals surface area contributed by atoms with E-state index in [9.17, 15) is 4.79 Å². The quantitative estimate of drug-likeness (QED) is 0.171. The van der Waals surface area contributed by atoms with Crippen LogP contribution in [0.3, 0.4) is 0 Å². The van der Waals surface area contributed by atoms with Gasteiger partial charge < -0.3 is 4.74 Å². The van der Waals surface area contributed by atoms with Gasteiger partial charge in [0.2, 0.25) is 0 Å². The van der Waals surface area contributed by atoms with Gasteiger partial charge in [-0.1, -0.05) is 44.7 Å². The average Bonchev–Trinajstić information content (AvgIpc) is 2.36. The molecule has 0 rings (SSSR count). The molecule has 110 valence electrons. The number of rotatable bonds is 12. The molecule has 0 saturated carbocycles. The zero-order chi connectivity index (χ0) is 14.5. The van der Waals surface area contributed by atoms with Gasteiger partial charge in [-0.05, 0) is 19.8 Å². The van der Waals surface area contributed by atoms with E-state index in [0.29, 0.717) is 9.52 Å². The molecule has 0 aliphatic rings. The van der Waals surface area contributed by atoms with Crippen LogP contribution in [0.1, 0.15) is 51.9 Å². The first kappa shape index (κ1) is 19.0. The fraction of sp³-hybridized carbons (Fsp3) is 0.786. The Morgan fingerprint density at radius 1 is 1.21 bits per heavy atom. The van der Waals surface area contributed by atoms with Crippen LogP contribution in [0.25, 0.3) is 0 Å². The SMILES string of the molecule is C=CC(=O)OC(C)CCCCCCCC[Si]C(Cl)Cl. The first-order valence-electron chi connectivity index (χ1n) is 6.91. The summed E-state index contributed by atoms with van der Waals surface area (Å²) in [6.45, 7) is 5.31. The van der Waals surface area contributed by atoms with Crippen molar-refractivity contribution in [2.75, 3.05) is 0 Å². The van der Waals surface area contributed by atoms with Crippen LogP contribution in [0, 0.1) is 0 Å². The highest BCUT2D eigenvalue weighted by Gasteiger charge is 2.05. The van der Waals surface area contributed by atoms with E-state index in [0.717, 1.165) is 18.9 Å². The van der Waals surface area contributed by atoms with Crippen LogP contribution in [0.15, 0.2) is 12.7 Å². The maximum atomic E-state index is 10.9. The minimum atomic E-state index is -0.328. The summed E-state index contributed by atoms with van der Waals surface area (Å²) in [7, 11) is 0.669. The van der Waals surface area contributed by atoms with Crippen LogP contribution in [0.4, 0.5) is 0 Å². The van der Waals surface area contributed by atoms with Gasteiger partial charge >= 0.3 is 5.97 Å². The van der Waals surface area contributed by atoms with E-state index in [1.54, 1.807) is 0 Å². The van der Waals surface area contributed by atoms with Gasteiger partial charge in [-0.2, -0.15) is 0 Å². The molecule has 0 amide bonds. The minimum absolute atomic E-state index is 0.00363. The molecule has 1 unspecified atom stereocenters. The Morgan fingerprint density at radius 2 is 1.79 bits per heavy atom. The number of esters is 1. The molecule has 0 aromatic heterocycles. The number of hydrogen-bond acceptors (Lipinski definition) is 2. The summed E-state index contributed by atoms with van der Waals surface area (Å²) in [4.78, 5) is 10.9. The minimum Gasteiger partial charge on any atom is -0.460 e. The number of carbonyl (C=O) groups excluding carboxylic acids is 1. The molecule has 1 atom stereocenters. The molecular formula is C14H24Cl2O2Si. The second-order valence-electron chi connectivity index (χ2n) is 4.62. The van der Waals surface area contributed by atoms with Gasteiger partial charge in [0.1, 0.15) is 0 Å². The highest BCUT2D eigenvalue weighted by molar-refractivity contribution is 6.68. The van der Waals surface area contributed by atoms with Crippen molar-refractivity contribution in [2.24, 2.45) is 0 Å². The first-order chi connectivity index (χ1) is 9.06. The summed E-state index contributed by atoms with van der Waals surface area (Å²) < 4.78 is 4.92. The molecule has 19 heavy (non-hydrogen) atoms. The Bertz CT molecular complexity index is 248. The summed E-state index contributed by atoms with van der Waals surface area (Å²) in [5.41, 5.74) is 0. The summed E-state index contributed by atoms with van der Waals surface area (Å²) in [5, 5.41) is 0. The number of ether oxygens (including phenoxy) is 1. The van der Waals surface area contributed by atoms with Gasteiger partial charge in [0.05, 0.1) is 20.1 Å². The lowest BCUT2D eigenvalue weighted by atomic mass is 10.1. The standard InChI is InChI=1S/C14H24Cl2O2Si/c1-3-13(17)18-12(2)10-8-6-4-5-7-9-11-19-14(15)16/h3,12,14H,1,4-11H2,2H3. The van der Waals surface area contributed by atoms with E-state index >= 15 is 0 Å². The van der Waals surface area contributed by atoms with Crippen molar-refractivity contribution in [3.63, 3.8) is 0 Å². The van der Waals surface area contributed by atoms with Crippen molar-refractivity contribution in [3.05, 3.63) is 12.7 Å². The Hall–Kier alpha value is 0.00688. The largest absolute Gasteiger partial charge is 0.460 e. The van der Waals surface area contributed by atoms with Crippen molar-refractivity contribution in [2.45, 2.75) is 68.5 Å². The highest BCUT2D eigenvalue weighted by atomic mass is 35.5. The monoisotopic (exact) mass is 322 g/mol. The van der Waals surface area contributed by atoms with Gasteiger partial charge in [-0.3, -0.25) is 0 Å². The molecule has 0 saturated heterocycles. The van der Waals surface area contributed by atoms with Crippen LogP contribution >= 0.6 is 23.2 Å². The molecule has 0 fully saturated rings. The molecule has 0 aliphatic carbocycles. The first-order valence-corrected chi connectivity index (χ1v) is 9.06. The smallest absolute Gasteiger partial charge is 0.330 e. The van der Waals surface area contributed by atoms with E-state index in [-0.39, 0.29) is 16.5 Å². The zero-order valence-electron chi connectivity index (χ0n) is 11.7. The zero-order valence-corrected chi connectivity index (χ0v) is 14.2. The molecule has 2 radical (unpaired) electrons. The summed E-state index contributed by atoms with van der Waals surface area (Å²) in [5.74, 6) is -0.328. The molecule has 5 heteroatoms. The molecular weight excluding hydrogens is 299 g/mol. The third-order valence-electron chi connectivity index (χ3n) is 2.82. The fourth-order valence-corrected chi connectivity index (χ4v) is 3.11. The molecule has 0 aromatic carbocycles. The second-order valence-corrected chi connectivity index (χ2v) is 7.93. The maximum absolute atomic E-state index is 10.9. The molecule has 0 aromatic rings. The van der Waals surface area contributed by atoms with Crippen molar-refractivity contribution in [1.29, 1.82) is 0 Å². The number of unbranched alkanes of at least 4 members (excludes halogenated alkanes) is 5. The number of carbonyl (C=O) groups is 1. The fourth-order valence-electron chi connectivity index (χ4n) is 1.78. The normalized spacial score (nSPS) is 12.4. The Morgan fingerprint density at radius 3 is 2.37 bits per heavy atom. The van der Waals surface area contributed by atoms with Crippen LogP contribution in [0.2, 0.25) is 6.04 Å².